The number of fused-ring (bicyclic) bond motifs is 1. The van der Waals surface area contributed by atoms with Crippen molar-refractivity contribution in [3.05, 3.63) is 62.1 Å². The van der Waals surface area contributed by atoms with Crippen molar-refractivity contribution in [2.75, 3.05) is 0 Å². The molecule has 116 valence electrons. The minimum Gasteiger partial charge on any atom is -1.00 e. The summed E-state index contributed by atoms with van der Waals surface area (Å²) in [6, 6.07) is 8.88. The number of hydrogen-bond acceptors (Lipinski definition) is 0. The van der Waals surface area contributed by atoms with Gasteiger partial charge in [0.25, 0.3) is 0 Å². The second-order valence-electron chi connectivity index (χ2n) is 6.49. The van der Waals surface area contributed by atoms with Gasteiger partial charge in [-0.2, -0.15) is 0 Å². The predicted molar refractivity (Wildman–Crippen MR) is 83.1 cm³/mol. The smallest absolute Gasteiger partial charge is 1.00 e. The van der Waals surface area contributed by atoms with E-state index in [1.165, 1.54) is 11.1 Å². The van der Waals surface area contributed by atoms with Crippen molar-refractivity contribution in [2.45, 2.75) is 38.8 Å². The molecular weight excluding hydrogens is 347 g/mol. The summed E-state index contributed by atoms with van der Waals surface area (Å²) in [6.07, 6.45) is 4.75. The molecule has 1 unspecified atom stereocenters. The van der Waals surface area contributed by atoms with Crippen molar-refractivity contribution in [1.29, 1.82) is 0 Å². The Morgan fingerprint density at radius 2 is 1.59 bits per heavy atom. The summed E-state index contributed by atoms with van der Waals surface area (Å²) in [4.78, 5) is 0. The minimum absolute atomic E-state index is 0. The predicted octanol–water partition coefficient (Wildman–Crippen LogP) is -0.505. The number of allylic oxidation sites excluding steroid dienone is 5. The molecule has 0 amide bonds. The normalized spacial score (nSPS) is 21.2. The zero-order valence-electron chi connectivity index (χ0n) is 13.8. The quantitative estimate of drug-likeness (QED) is 0.617. The molecule has 0 aliphatic heterocycles. The molecule has 0 bridgehead atoms. The molecular formula is C19H22Cl2Ti. The van der Waals surface area contributed by atoms with E-state index in [2.05, 4.69) is 71.0 Å². The molecule has 0 fully saturated rings. The van der Waals surface area contributed by atoms with E-state index in [1.807, 2.05) is 0 Å². The summed E-state index contributed by atoms with van der Waals surface area (Å²) < 4.78 is 2.42. The van der Waals surface area contributed by atoms with E-state index in [4.69, 9.17) is 0 Å². The van der Waals surface area contributed by atoms with E-state index in [0.717, 1.165) is 0 Å². The van der Waals surface area contributed by atoms with Gasteiger partial charge in [0.05, 0.1) is 0 Å². The first-order chi connectivity index (χ1) is 9.43. The fourth-order valence-electron chi connectivity index (χ4n) is 3.41. The Morgan fingerprint density at radius 1 is 0.955 bits per heavy atom. The third-order valence-corrected chi connectivity index (χ3v) is 8.45. The van der Waals surface area contributed by atoms with Gasteiger partial charge in [-0.25, -0.2) is 0 Å². The van der Waals surface area contributed by atoms with Gasteiger partial charge >= 0.3 is 132 Å². The summed E-state index contributed by atoms with van der Waals surface area (Å²) in [5.41, 5.74) is 7.93. The van der Waals surface area contributed by atoms with Crippen LogP contribution in [0.3, 0.4) is 0 Å². The number of halogens is 2. The van der Waals surface area contributed by atoms with E-state index in [-0.39, 0.29) is 49.4 Å². The van der Waals surface area contributed by atoms with Crippen molar-refractivity contribution in [1.82, 2.24) is 0 Å². The van der Waals surface area contributed by atoms with E-state index < -0.39 is 0 Å². The molecule has 0 heterocycles. The summed E-state index contributed by atoms with van der Waals surface area (Å²) >= 11 is -0.162. The first kappa shape index (κ1) is 19.8. The van der Waals surface area contributed by atoms with Gasteiger partial charge in [-0.05, 0) is 0 Å². The molecule has 3 rings (SSSR count). The molecule has 0 saturated carbocycles. The third-order valence-electron chi connectivity index (χ3n) is 5.16. The van der Waals surface area contributed by atoms with E-state index in [0.29, 0.717) is 4.22 Å². The van der Waals surface area contributed by atoms with Crippen LogP contribution in [0.25, 0.3) is 6.08 Å². The monoisotopic (exact) mass is 368 g/mol. The van der Waals surface area contributed by atoms with Crippen LogP contribution < -0.4 is 24.8 Å². The van der Waals surface area contributed by atoms with Crippen molar-refractivity contribution in [2.24, 2.45) is 5.41 Å². The van der Waals surface area contributed by atoms with Crippen molar-refractivity contribution >= 4 is 6.08 Å². The number of benzene rings is 1. The van der Waals surface area contributed by atoms with Crippen LogP contribution in [0.2, 0.25) is 0 Å². The van der Waals surface area contributed by atoms with Gasteiger partial charge in [0, 0.05) is 0 Å². The molecule has 3 heteroatoms. The molecule has 22 heavy (non-hydrogen) atoms. The summed E-state index contributed by atoms with van der Waals surface area (Å²) in [7, 11) is 0. The van der Waals surface area contributed by atoms with Gasteiger partial charge in [0.15, 0.2) is 0 Å². The van der Waals surface area contributed by atoms with Crippen LogP contribution in [0.4, 0.5) is 0 Å². The van der Waals surface area contributed by atoms with Crippen LogP contribution in [0.5, 0.6) is 0 Å². The van der Waals surface area contributed by atoms with Crippen LogP contribution in [-0.4, -0.2) is 0 Å². The van der Waals surface area contributed by atoms with E-state index in [1.54, 1.807) is 20.6 Å². The first-order valence-electron chi connectivity index (χ1n) is 7.36. The van der Waals surface area contributed by atoms with Crippen LogP contribution >= 0.6 is 0 Å². The van der Waals surface area contributed by atoms with Gasteiger partial charge in [0.2, 0.25) is 0 Å². The van der Waals surface area contributed by atoms with Gasteiger partial charge in [-0.15, -0.1) is 0 Å². The fourth-order valence-corrected chi connectivity index (χ4v) is 6.34. The standard InChI is InChI=1S/C10H15.C9H7.2ClH.Ti/c1-7-6-10(4,5)9(3)8(7)2;1-2-5-9-7-3-6-8(9)4-1;;;/h1-5H3;1-7H;2*1H;/q;;;;+2/p-2. The second kappa shape index (κ2) is 7.10. The zero-order chi connectivity index (χ0) is 14.5. The maximum atomic E-state index is 2.43. The van der Waals surface area contributed by atoms with Gasteiger partial charge in [-0.1, -0.05) is 0 Å². The molecule has 2 aliphatic carbocycles. The van der Waals surface area contributed by atoms with Crippen LogP contribution in [0, 0.1) is 5.41 Å². The fraction of sp³-hybridized carbons (Fsp3) is 0.368. The maximum Gasteiger partial charge on any atom is -1.00 e. The van der Waals surface area contributed by atoms with Crippen LogP contribution in [-0.2, 0) is 19.2 Å². The zero-order valence-corrected chi connectivity index (χ0v) is 16.9. The largest absolute Gasteiger partial charge is 1.00 e. The molecule has 2 aliphatic rings. The Labute approximate surface area is 155 Å². The molecule has 0 saturated heterocycles. The van der Waals surface area contributed by atoms with Gasteiger partial charge < -0.3 is 24.8 Å². The molecule has 1 aromatic rings. The molecule has 0 N–H and O–H groups in total. The van der Waals surface area contributed by atoms with Crippen LogP contribution in [0.15, 0.2) is 50.9 Å². The minimum atomic E-state index is -0.162. The molecule has 1 aromatic carbocycles. The van der Waals surface area contributed by atoms with Crippen molar-refractivity contribution < 1.29 is 44.0 Å². The van der Waals surface area contributed by atoms with Gasteiger partial charge in [-0.3, -0.25) is 0 Å². The van der Waals surface area contributed by atoms with Gasteiger partial charge in [0.1, 0.15) is 0 Å². The molecule has 0 radical (unpaired) electrons. The molecule has 0 nitrogen and oxygen atoms in total. The molecule has 0 aromatic heterocycles. The maximum absolute atomic E-state index is 2.43. The topological polar surface area (TPSA) is 0 Å². The van der Waals surface area contributed by atoms with Crippen molar-refractivity contribution in [3.8, 4) is 0 Å². The van der Waals surface area contributed by atoms with E-state index >= 15 is 0 Å². The Kier molecular flexibility index (Phi) is 6.38. The summed E-state index contributed by atoms with van der Waals surface area (Å²) in [5, 5.41) is 0. The first-order valence-corrected chi connectivity index (χ1v) is 9.04. The second-order valence-corrected chi connectivity index (χ2v) is 8.69. The number of hydrogen-bond donors (Lipinski definition) is 0. The van der Waals surface area contributed by atoms with Crippen molar-refractivity contribution in [3.63, 3.8) is 0 Å². The average molecular weight is 369 g/mol. The molecule has 1 atom stereocenters. The Morgan fingerprint density at radius 3 is 2.18 bits per heavy atom. The Hall–Kier alpha value is -0.266. The average Bonchev–Trinajstić information content (AvgIpc) is 2.90. The Balaban J connectivity index is 0.00000121. The molecule has 0 spiro atoms. The summed E-state index contributed by atoms with van der Waals surface area (Å²) in [6.45, 7) is 11.8. The SMILES string of the molecule is CC1=C(C)C(C)(C)[C]([Ti+2][CH]2C=Cc3ccccc32)=C1C.[Cl-].[Cl-]. The summed E-state index contributed by atoms with van der Waals surface area (Å²) in [5.74, 6) is 0. The Bertz CT molecular complexity index is 666. The van der Waals surface area contributed by atoms with Crippen LogP contribution in [0.1, 0.15) is 50.0 Å². The number of rotatable bonds is 2. The van der Waals surface area contributed by atoms with E-state index in [9.17, 15) is 0 Å². The third kappa shape index (κ3) is 3.04.